The van der Waals surface area contributed by atoms with Crippen LogP contribution in [-0.2, 0) is 14.3 Å². The van der Waals surface area contributed by atoms with Gasteiger partial charge in [0.05, 0.1) is 47.2 Å². The van der Waals surface area contributed by atoms with Crippen molar-refractivity contribution in [2.75, 3.05) is 13.7 Å². The molecule has 0 amide bonds. The second kappa shape index (κ2) is 13.3. The molecule has 0 N–H and O–H groups in total. The average molecular weight is 615 g/mol. The molecule has 5 rings (SSSR count). The van der Waals surface area contributed by atoms with Crippen molar-refractivity contribution in [3.63, 3.8) is 0 Å². The second-order valence-corrected chi connectivity index (χ2v) is 11.6. The number of fused-ring (bicyclic) bond motifs is 1. The van der Waals surface area contributed by atoms with Gasteiger partial charge in [-0.05, 0) is 69.2 Å². The number of esters is 2. The van der Waals surface area contributed by atoms with Crippen LogP contribution in [0.3, 0.4) is 0 Å². The largest absolute Gasteiger partial charge is 0.497 e. The molecule has 10 heteroatoms. The lowest BCUT2D eigenvalue weighted by molar-refractivity contribution is -0.143. The lowest BCUT2D eigenvalue weighted by atomic mass is 9.96. The zero-order valence-corrected chi connectivity index (χ0v) is 26.1. The summed E-state index contributed by atoms with van der Waals surface area (Å²) in [6.07, 6.45) is 3.11. The lowest BCUT2D eigenvalue weighted by Gasteiger charge is -2.25. The summed E-state index contributed by atoms with van der Waals surface area (Å²) < 4.78 is 24.1. The first-order valence-corrected chi connectivity index (χ1v) is 15.3. The molecule has 1 aliphatic rings. The number of thiazole rings is 1. The summed E-state index contributed by atoms with van der Waals surface area (Å²) >= 11 is 1.22. The molecule has 0 bridgehead atoms. The molecule has 1 aliphatic heterocycles. The summed E-state index contributed by atoms with van der Waals surface area (Å²) in [5.74, 6) is 0.838. The maximum absolute atomic E-state index is 13.9. The quantitative estimate of drug-likeness (QED) is 0.174. The number of carbonyl (C=O) groups excluding carboxylic acids is 2. The summed E-state index contributed by atoms with van der Waals surface area (Å²) in [4.78, 5) is 44.5. The summed E-state index contributed by atoms with van der Waals surface area (Å²) in [7, 11) is 1.58. The van der Waals surface area contributed by atoms with Gasteiger partial charge in [0, 0.05) is 11.6 Å². The highest BCUT2D eigenvalue weighted by Crippen LogP contribution is 2.32. The Balaban J connectivity index is 1.49. The maximum Gasteiger partial charge on any atom is 0.338 e. The topological polar surface area (TPSA) is 109 Å². The molecule has 9 nitrogen and oxygen atoms in total. The fourth-order valence-electron chi connectivity index (χ4n) is 4.84. The van der Waals surface area contributed by atoms with Crippen LogP contribution in [-0.4, -0.2) is 36.3 Å². The molecule has 4 aromatic rings. The van der Waals surface area contributed by atoms with Crippen LogP contribution in [0.4, 0.5) is 0 Å². The third-order valence-electron chi connectivity index (χ3n) is 7.05. The van der Waals surface area contributed by atoms with Gasteiger partial charge in [-0.15, -0.1) is 0 Å². The first-order chi connectivity index (χ1) is 21.2. The molecule has 0 radical (unpaired) electrons. The first-order valence-electron chi connectivity index (χ1n) is 14.4. The van der Waals surface area contributed by atoms with Crippen LogP contribution < -0.4 is 19.6 Å². The van der Waals surface area contributed by atoms with Crippen LogP contribution in [0.2, 0.25) is 0 Å². The molecule has 228 valence electrons. The number of aromatic nitrogens is 1. The summed E-state index contributed by atoms with van der Waals surface area (Å²) in [5, 5.41) is 0. The number of ether oxygens (including phenoxy) is 3. The molecule has 44 heavy (non-hydrogen) atoms. The first kappa shape index (κ1) is 30.7. The second-order valence-electron chi connectivity index (χ2n) is 10.6. The number of benzene rings is 2. The van der Waals surface area contributed by atoms with Crippen molar-refractivity contribution in [1.82, 2.24) is 4.57 Å². The minimum atomic E-state index is -0.732. The van der Waals surface area contributed by atoms with E-state index in [-0.39, 0.29) is 17.6 Å². The monoisotopic (exact) mass is 614 g/mol. The molecule has 1 atom stereocenters. The standard InChI is InChI=1S/C34H34N2O7S/c1-6-7-18-41-32(38)24-10-8-22(9-11-24)27-17-16-26(43-27)19-28-31(37)36-30(23-12-14-25(40-5)15-13-23)29(33(39)42-20(2)3)21(4)35-34(36)44-28/h8-17,19-20,30H,6-7,18H2,1-5H3/b28-19-/t30-/m0/s1. The third kappa shape index (κ3) is 6.45. The van der Waals surface area contributed by atoms with E-state index in [0.29, 0.717) is 50.0 Å². The Kier molecular flexibility index (Phi) is 9.29. The Labute approximate surface area is 258 Å². The molecular weight excluding hydrogens is 580 g/mol. The minimum Gasteiger partial charge on any atom is -0.497 e. The molecule has 0 spiro atoms. The number of rotatable bonds is 10. The number of furan rings is 1. The zero-order chi connectivity index (χ0) is 31.4. The van der Waals surface area contributed by atoms with Gasteiger partial charge in [0.15, 0.2) is 4.80 Å². The van der Waals surface area contributed by atoms with Gasteiger partial charge in [-0.25, -0.2) is 14.6 Å². The highest BCUT2D eigenvalue weighted by molar-refractivity contribution is 7.07. The fourth-order valence-corrected chi connectivity index (χ4v) is 5.87. The van der Waals surface area contributed by atoms with E-state index in [1.54, 1.807) is 76.4 Å². The normalized spacial score (nSPS) is 14.8. The van der Waals surface area contributed by atoms with Crippen LogP contribution in [0.1, 0.15) is 68.3 Å². The van der Waals surface area contributed by atoms with Crippen molar-refractivity contribution >= 4 is 29.4 Å². The van der Waals surface area contributed by atoms with E-state index in [4.69, 9.17) is 18.6 Å². The number of unbranched alkanes of at least 4 members (excludes halogenated alkanes) is 1. The van der Waals surface area contributed by atoms with Crippen LogP contribution >= 0.6 is 11.3 Å². The van der Waals surface area contributed by atoms with E-state index in [9.17, 15) is 14.4 Å². The molecule has 0 fully saturated rings. The van der Waals surface area contributed by atoms with Crippen LogP contribution in [0, 0.1) is 0 Å². The van der Waals surface area contributed by atoms with Gasteiger partial charge in [-0.3, -0.25) is 9.36 Å². The van der Waals surface area contributed by atoms with Gasteiger partial charge in [-0.2, -0.15) is 0 Å². The van der Waals surface area contributed by atoms with E-state index < -0.39 is 12.0 Å². The van der Waals surface area contributed by atoms with Crippen molar-refractivity contribution in [3.8, 4) is 17.1 Å². The molecule has 0 unspecified atom stereocenters. The summed E-state index contributed by atoms with van der Waals surface area (Å²) in [6.45, 7) is 7.74. The zero-order valence-electron chi connectivity index (χ0n) is 25.3. The van der Waals surface area contributed by atoms with E-state index in [2.05, 4.69) is 4.99 Å². The van der Waals surface area contributed by atoms with E-state index in [0.717, 1.165) is 24.0 Å². The van der Waals surface area contributed by atoms with Crippen LogP contribution in [0.15, 0.2) is 86.1 Å². The summed E-state index contributed by atoms with van der Waals surface area (Å²) in [6, 6.07) is 17.1. The number of hydrogen-bond donors (Lipinski definition) is 0. The highest BCUT2D eigenvalue weighted by Gasteiger charge is 2.33. The van der Waals surface area contributed by atoms with Crippen molar-refractivity contribution < 1.29 is 28.2 Å². The van der Waals surface area contributed by atoms with Gasteiger partial charge in [0.25, 0.3) is 5.56 Å². The Morgan fingerprint density at radius 3 is 2.43 bits per heavy atom. The van der Waals surface area contributed by atoms with E-state index >= 15 is 0 Å². The van der Waals surface area contributed by atoms with Crippen molar-refractivity contribution in [2.24, 2.45) is 4.99 Å². The minimum absolute atomic E-state index is 0.305. The van der Waals surface area contributed by atoms with Gasteiger partial charge >= 0.3 is 11.9 Å². The van der Waals surface area contributed by atoms with Crippen molar-refractivity contribution in [1.29, 1.82) is 0 Å². The molecular formula is C34H34N2O7S. The smallest absolute Gasteiger partial charge is 0.338 e. The molecule has 2 aromatic heterocycles. The Hall–Kier alpha value is -4.70. The van der Waals surface area contributed by atoms with Crippen LogP contribution in [0.25, 0.3) is 17.4 Å². The number of nitrogens with zero attached hydrogens (tertiary/aromatic N) is 2. The Morgan fingerprint density at radius 1 is 1.05 bits per heavy atom. The molecule has 0 aliphatic carbocycles. The molecule has 0 saturated heterocycles. The highest BCUT2D eigenvalue weighted by atomic mass is 32.1. The average Bonchev–Trinajstić information content (AvgIpc) is 3.60. The number of carbonyl (C=O) groups is 2. The van der Waals surface area contributed by atoms with Gasteiger partial charge in [0.2, 0.25) is 0 Å². The number of methoxy groups -OCH3 is 1. The van der Waals surface area contributed by atoms with Crippen molar-refractivity contribution in [2.45, 2.75) is 52.7 Å². The predicted octanol–water partition coefficient (Wildman–Crippen LogP) is 5.41. The van der Waals surface area contributed by atoms with Crippen molar-refractivity contribution in [3.05, 3.63) is 109 Å². The SMILES string of the molecule is CCCCOC(=O)c1ccc(-c2ccc(/C=c3\sc4n(c3=O)[C@@H](c3ccc(OC)cc3)C(C(=O)OC(C)C)=C(C)N=4)o2)cc1. The fraction of sp³-hybridized carbons (Fsp3) is 0.294. The Morgan fingerprint density at radius 2 is 1.77 bits per heavy atom. The molecule has 3 heterocycles. The van der Waals surface area contributed by atoms with Gasteiger partial charge in [-0.1, -0.05) is 48.9 Å². The predicted molar refractivity (Wildman–Crippen MR) is 167 cm³/mol. The lowest BCUT2D eigenvalue weighted by Crippen LogP contribution is -2.40. The van der Waals surface area contributed by atoms with Crippen LogP contribution in [0.5, 0.6) is 5.75 Å². The maximum atomic E-state index is 13.9. The summed E-state index contributed by atoms with van der Waals surface area (Å²) in [5.41, 5.74) is 2.46. The van der Waals surface area contributed by atoms with Gasteiger partial charge in [0.1, 0.15) is 17.3 Å². The number of hydrogen-bond acceptors (Lipinski definition) is 9. The third-order valence-corrected chi connectivity index (χ3v) is 8.04. The Bertz CT molecular complexity index is 1880. The van der Waals surface area contributed by atoms with E-state index in [1.165, 1.54) is 15.9 Å². The van der Waals surface area contributed by atoms with Gasteiger partial charge < -0.3 is 18.6 Å². The van der Waals surface area contributed by atoms with E-state index in [1.807, 2.05) is 25.1 Å². The molecule has 2 aromatic carbocycles. The molecule has 0 saturated carbocycles. The number of allylic oxidation sites excluding steroid dienone is 1.